The molecule has 3 rings (SSSR count). The van der Waals surface area contributed by atoms with Crippen LogP contribution in [0.3, 0.4) is 0 Å². The standard InChI is InChI=1S/C17H16N2O5/c1-10(2)9-22-13-7-14(18-12-6-4-3-5-11(12)13)19-17-23-15(20)8-16(21)24-17/h3-7,9,17H,8H2,1-2H3,(H,18,19). The number of aromatic nitrogens is 1. The van der Waals surface area contributed by atoms with Crippen LogP contribution < -0.4 is 10.1 Å². The van der Waals surface area contributed by atoms with Crippen molar-refractivity contribution < 1.29 is 23.8 Å². The first-order valence-electron chi connectivity index (χ1n) is 7.36. The first-order valence-corrected chi connectivity index (χ1v) is 7.36. The van der Waals surface area contributed by atoms with Crippen LogP contribution in [0.4, 0.5) is 5.82 Å². The van der Waals surface area contributed by atoms with Crippen LogP contribution in [0.2, 0.25) is 0 Å². The maximum Gasteiger partial charge on any atom is 0.330 e. The molecule has 7 heteroatoms. The molecule has 7 nitrogen and oxygen atoms in total. The number of allylic oxidation sites excluding steroid dienone is 1. The normalized spacial score (nSPS) is 14.8. The summed E-state index contributed by atoms with van der Waals surface area (Å²) in [6.45, 7) is 3.84. The number of fused-ring (bicyclic) bond motifs is 1. The Morgan fingerprint density at radius 2 is 1.96 bits per heavy atom. The van der Waals surface area contributed by atoms with E-state index in [1.165, 1.54) is 0 Å². The number of carbonyl (C=O) groups excluding carboxylic acids is 2. The van der Waals surface area contributed by atoms with Gasteiger partial charge in [-0.25, -0.2) is 4.98 Å². The summed E-state index contributed by atoms with van der Waals surface area (Å²) in [5.41, 5.74) is 1.69. The molecule has 0 unspecified atom stereocenters. The van der Waals surface area contributed by atoms with Crippen molar-refractivity contribution >= 4 is 28.7 Å². The van der Waals surface area contributed by atoms with Gasteiger partial charge >= 0.3 is 18.4 Å². The molecule has 2 heterocycles. The average molecular weight is 328 g/mol. The van der Waals surface area contributed by atoms with Crippen molar-refractivity contribution in [1.82, 2.24) is 4.98 Å². The lowest BCUT2D eigenvalue weighted by Crippen LogP contribution is -2.37. The molecule has 1 aliphatic rings. The third kappa shape index (κ3) is 3.62. The highest BCUT2D eigenvalue weighted by Gasteiger charge is 2.28. The van der Waals surface area contributed by atoms with Gasteiger partial charge in [-0.15, -0.1) is 0 Å². The van der Waals surface area contributed by atoms with Gasteiger partial charge in [-0.05, 0) is 31.6 Å². The summed E-state index contributed by atoms with van der Waals surface area (Å²) in [5, 5.41) is 3.60. The first-order chi connectivity index (χ1) is 11.5. The molecule has 1 aromatic carbocycles. The highest BCUT2D eigenvalue weighted by atomic mass is 16.7. The maximum atomic E-state index is 11.3. The fourth-order valence-electron chi connectivity index (χ4n) is 2.14. The van der Waals surface area contributed by atoms with E-state index in [1.807, 2.05) is 38.1 Å². The molecule has 0 aliphatic carbocycles. The van der Waals surface area contributed by atoms with Crippen LogP contribution in [0.15, 0.2) is 42.2 Å². The highest BCUT2D eigenvalue weighted by molar-refractivity contribution is 5.93. The molecule has 1 saturated heterocycles. The van der Waals surface area contributed by atoms with Crippen molar-refractivity contribution in [1.29, 1.82) is 0 Å². The number of para-hydroxylation sites is 1. The van der Waals surface area contributed by atoms with Crippen molar-refractivity contribution in [2.45, 2.75) is 26.7 Å². The summed E-state index contributed by atoms with van der Waals surface area (Å²) in [6.07, 6.45) is 0.0357. The summed E-state index contributed by atoms with van der Waals surface area (Å²) in [7, 11) is 0. The molecular weight excluding hydrogens is 312 g/mol. The molecule has 0 bridgehead atoms. The lowest BCUT2D eigenvalue weighted by molar-refractivity contribution is -0.197. The van der Waals surface area contributed by atoms with E-state index in [2.05, 4.69) is 10.3 Å². The molecule has 0 amide bonds. The van der Waals surface area contributed by atoms with Gasteiger partial charge in [0.2, 0.25) is 0 Å². The van der Waals surface area contributed by atoms with Crippen LogP contribution in [0.5, 0.6) is 5.75 Å². The molecule has 1 aliphatic heterocycles. The lowest BCUT2D eigenvalue weighted by Gasteiger charge is -2.23. The summed E-state index contributed by atoms with van der Waals surface area (Å²) in [5.74, 6) is -0.354. The third-order valence-electron chi connectivity index (χ3n) is 3.13. The molecule has 124 valence electrons. The number of nitrogens with zero attached hydrogens (tertiary/aromatic N) is 1. The molecule has 0 spiro atoms. The summed E-state index contributed by atoms with van der Waals surface area (Å²) >= 11 is 0. The Bertz CT molecular complexity index is 811. The zero-order valence-corrected chi connectivity index (χ0v) is 13.2. The second kappa shape index (κ2) is 6.57. The Balaban J connectivity index is 1.91. The Morgan fingerprint density at radius 3 is 2.67 bits per heavy atom. The Labute approximate surface area is 138 Å². The predicted molar refractivity (Wildman–Crippen MR) is 86.0 cm³/mol. The minimum Gasteiger partial charge on any atom is -0.464 e. The molecule has 0 radical (unpaired) electrons. The van der Waals surface area contributed by atoms with Crippen LogP contribution in [-0.2, 0) is 19.1 Å². The van der Waals surface area contributed by atoms with E-state index in [1.54, 1.807) is 12.3 Å². The smallest absolute Gasteiger partial charge is 0.330 e. The highest BCUT2D eigenvalue weighted by Crippen LogP contribution is 2.28. The van der Waals surface area contributed by atoms with Gasteiger partial charge in [-0.2, -0.15) is 0 Å². The number of esters is 2. The zero-order chi connectivity index (χ0) is 17.1. The van der Waals surface area contributed by atoms with Crippen LogP contribution in [0, 0.1) is 0 Å². The van der Waals surface area contributed by atoms with E-state index in [0.717, 1.165) is 11.0 Å². The second-order valence-electron chi connectivity index (χ2n) is 5.47. The van der Waals surface area contributed by atoms with E-state index in [0.29, 0.717) is 17.1 Å². The Kier molecular flexibility index (Phi) is 4.33. The SMILES string of the molecule is CC(C)=COc1cc(NC2OC(=O)CC(=O)O2)nc2ccccc12. The fraction of sp³-hybridized carbons (Fsp3) is 0.235. The van der Waals surface area contributed by atoms with E-state index >= 15 is 0 Å². The quantitative estimate of drug-likeness (QED) is 0.524. The number of carbonyl (C=O) groups is 2. The van der Waals surface area contributed by atoms with Crippen LogP contribution in [0.1, 0.15) is 20.3 Å². The van der Waals surface area contributed by atoms with Crippen molar-refractivity contribution in [3.8, 4) is 5.75 Å². The van der Waals surface area contributed by atoms with Gasteiger partial charge < -0.3 is 19.5 Å². The van der Waals surface area contributed by atoms with Gasteiger partial charge in [0.1, 0.15) is 18.0 Å². The molecule has 2 aromatic rings. The van der Waals surface area contributed by atoms with E-state index in [4.69, 9.17) is 14.2 Å². The number of hydrogen-bond acceptors (Lipinski definition) is 7. The van der Waals surface area contributed by atoms with Crippen LogP contribution in [-0.4, -0.2) is 23.3 Å². The molecule has 1 aromatic heterocycles. The largest absolute Gasteiger partial charge is 0.464 e. The number of ether oxygens (including phenoxy) is 3. The van der Waals surface area contributed by atoms with E-state index in [-0.39, 0.29) is 0 Å². The summed E-state index contributed by atoms with van der Waals surface area (Å²) in [6, 6.07) is 9.11. The third-order valence-corrected chi connectivity index (χ3v) is 3.13. The molecule has 1 N–H and O–H groups in total. The minimum absolute atomic E-state index is 0.360. The number of nitrogens with one attached hydrogen (secondary N) is 1. The van der Waals surface area contributed by atoms with Crippen molar-refractivity contribution in [2.24, 2.45) is 0 Å². The summed E-state index contributed by atoms with van der Waals surface area (Å²) in [4.78, 5) is 27.0. The molecule has 0 atom stereocenters. The average Bonchev–Trinajstić information content (AvgIpc) is 2.51. The monoisotopic (exact) mass is 328 g/mol. The Hall–Kier alpha value is -3.09. The lowest BCUT2D eigenvalue weighted by atomic mass is 10.2. The number of cyclic esters (lactones) is 2. The van der Waals surface area contributed by atoms with Gasteiger partial charge in [-0.1, -0.05) is 12.1 Å². The van der Waals surface area contributed by atoms with Gasteiger partial charge in [-0.3, -0.25) is 9.59 Å². The fourth-order valence-corrected chi connectivity index (χ4v) is 2.14. The van der Waals surface area contributed by atoms with Gasteiger partial charge in [0, 0.05) is 11.5 Å². The zero-order valence-electron chi connectivity index (χ0n) is 13.2. The van der Waals surface area contributed by atoms with Crippen molar-refractivity contribution in [2.75, 3.05) is 5.32 Å². The minimum atomic E-state index is -1.20. The van der Waals surface area contributed by atoms with Gasteiger partial charge in [0.05, 0.1) is 11.8 Å². The van der Waals surface area contributed by atoms with Crippen LogP contribution in [0.25, 0.3) is 10.9 Å². The first kappa shape index (κ1) is 15.8. The Morgan fingerprint density at radius 1 is 1.25 bits per heavy atom. The van der Waals surface area contributed by atoms with Crippen molar-refractivity contribution in [3.63, 3.8) is 0 Å². The molecule has 24 heavy (non-hydrogen) atoms. The number of hydrogen-bond donors (Lipinski definition) is 1. The van der Waals surface area contributed by atoms with Gasteiger partial charge in [0.15, 0.2) is 0 Å². The second-order valence-corrected chi connectivity index (χ2v) is 5.47. The number of pyridine rings is 1. The number of anilines is 1. The van der Waals surface area contributed by atoms with Crippen LogP contribution >= 0.6 is 0 Å². The molecule has 1 fully saturated rings. The van der Waals surface area contributed by atoms with Gasteiger partial charge in [0.25, 0.3) is 0 Å². The summed E-state index contributed by atoms with van der Waals surface area (Å²) < 4.78 is 15.5. The topological polar surface area (TPSA) is 86.8 Å². The van der Waals surface area contributed by atoms with Crippen molar-refractivity contribution in [3.05, 3.63) is 42.2 Å². The van der Waals surface area contributed by atoms with E-state index < -0.39 is 24.8 Å². The number of rotatable bonds is 4. The number of benzene rings is 1. The maximum absolute atomic E-state index is 11.3. The van der Waals surface area contributed by atoms with E-state index in [9.17, 15) is 9.59 Å². The molecule has 0 saturated carbocycles. The predicted octanol–water partition coefficient (Wildman–Crippen LogP) is 2.72. The molecular formula is C17H16N2O5.